The van der Waals surface area contributed by atoms with Crippen LogP contribution in [-0.4, -0.2) is 20.7 Å². The number of nitrogens with one attached hydrogen (secondary N) is 1. The molecule has 5 nitrogen and oxygen atoms in total. The van der Waals surface area contributed by atoms with Gasteiger partial charge in [-0.1, -0.05) is 0 Å². The Morgan fingerprint density at radius 1 is 1.60 bits per heavy atom. The van der Waals surface area contributed by atoms with E-state index in [0.717, 1.165) is 5.69 Å². The van der Waals surface area contributed by atoms with Crippen molar-refractivity contribution in [3.05, 3.63) is 29.0 Å². The average molecular weight is 222 g/mol. The van der Waals surface area contributed by atoms with Crippen LogP contribution < -0.4 is 5.32 Å². The molecule has 0 aromatic carbocycles. The van der Waals surface area contributed by atoms with Crippen LogP contribution in [0.25, 0.3) is 0 Å². The number of carbonyl (C=O) groups is 1. The van der Waals surface area contributed by atoms with Crippen molar-refractivity contribution in [3.8, 4) is 0 Å². The van der Waals surface area contributed by atoms with E-state index in [9.17, 15) is 4.79 Å². The molecule has 1 N–H and O–H groups in total. The Balaban J connectivity index is 2.18. The number of anilines is 1. The molecule has 0 aliphatic rings. The smallest absolute Gasteiger partial charge is 0.275 e. The van der Waals surface area contributed by atoms with Gasteiger partial charge in [0.1, 0.15) is 5.69 Å². The Hall–Kier alpha value is -1.69. The van der Waals surface area contributed by atoms with Gasteiger partial charge < -0.3 is 0 Å². The lowest BCUT2D eigenvalue weighted by Gasteiger charge is -2.00. The number of aromatic nitrogens is 3. The highest BCUT2D eigenvalue weighted by atomic mass is 32.1. The second kappa shape index (κ2) is 3.82. The normalized spacial score (nSPS) is 10.3. The molecule has 0 bridgehead atoms. The van der Waals surface area contributed by atoms with Gasteiger partial charge in [0.2, 0.25) is 0 Å². The number of hydrogen-bond donors (Lipinski definition) is 1. The van der Waals surface area contributed by atoms with Crippen molar-refractivity contribution in [2.45, 2.75) is 6.92 Å². The van der Waals surface area contributed by atoms with E-state index in [1.165, 1.54) is 11.3 Å². The van der Waals surface area contributed by atoms with Gasteiger partial charge in [-0.3, -0.25) is 14.8 Å². The average Bonchev–Trinajstić information content (AvgIpc) is 2.75. The van der Waals surface area contributed by atoms with Crippen LogP contribution in [0.1, 0.15) is 16.2 Å². The van der Waals surface area contributed by atoms with Crippen molar-refractivity contribution in [3.63, 3.8) is 0 Å². The van der Waals surface area contributed by atoms with Crippen molar-refractivity contribution >= 4 is 22.4 Å². The lowest BCUT2D eigenvalue weighted by molar-refractivity contribution is 0.101. The van der Waals surface area contributed by atoms with E-state index in [4.69, 9.17) is 0 Å². The van der Waals surface area contributed by atoms with Crippen LogP contribution in [-0.2, 0) is 7.05 Å². The van der Waals surface area contributed by atoms with Crippen molar-refractivity contribution < 1.29 is 4.79 Å². The van der Waals surface area contributed by atoms with Crippen LogP contribution >= 0.6 is 11.3 Å². The largest absolute Gasteiger partial charge is 0.297 e. The third-order valence-corrected chi connectivity index (χ3v) is 2.58. The fraction of sp³-hybridized carbons (Fsp3) is 0.222. The highest BCUT2D eigenvalue weighted by Crippen LogP contribution is 2.12. The summed E-state index contributed by atoms with van der Waals surface area (Å²) in [6.45, 7) is 1.85. The van der Waals surface area contributed by atoms with Crippen LogP contribution in [0.5, 0.6) is 0 Å². The molecular weight excluding hydrogens is 212 g/mol. The van der Waals surface area contributed by atoms with Gasteiger partial charge >= 0.3 is 0 Å². The third kappa shape index (κ3) is 2.04. The number of rotatable bonds is 2. The Kier molecular flexibility index (Phi) is 2.51. The topological polar surface area (TPSA) is 59.8 Å². The van der Waals surface area contributed by atoms with Crippen LogP contribution in [0.15, 0.2) is 17.6 Å². The van der Waals surface area contributed by atoms with Crippen molar-refractivity contribution in [1.29, 1.82) is 0 Å². The molecule has 0 aliphatic heterocycles. The van der Waals surface area contributed by atoms with Gasteiger partial charge in [-0.25, -0.2) is 4.98 Å². The van der Waals surface area contributed by atoms with Crippen molar-refractivity contribution in [2.75, 3.05) is 5.32 Å². The fourth-order valence-electron chi connectivity index (χ4n) is 1.27. The van der Waals surface area contributed by atoms with Gasteiger partial charge in [0.05, 0.1) is 5.69 Å². The first-order valence-corrected chi connectivity index (χ1v) is 5.26. The van der Waals surface area contributed by atoms with Crippen LogP contribution in [0.4, 0.5) is 5.13 Å². The summed E-state index contributed by atoms with van der Waals surface area (Å²) in [4.78, 5) is 15.7. The summed E-state index contributed by atoms with van der Waals surface area (Å²) < 4.78 is 1.55. The first-order chi connectivity index (χ1) is 7.16. The molecule has 2 heterocycles. The number of thiazole rings is 1. The maximum atomic E-state index is 11.7. The lowest BCUT2D eigenvalue weighted by Crippen LogP contribution is -2.15. The summed E-state index contributed by atoms with van der Waals surface area (Å²) in [6, 6.07) is 1.74. The molecule has 2 rings (SSSR count). The number of nitrogens with zero attached hydrogens (tertiary/aromatic N) is 3. The van der Waals surface area contributed by atoms with Crippen LogP contribution in [0.3, 0.4) is 0 Å². The predicted octanol–water partition coefficient (Wildman–Crippen LogP) is 1.44. The highest BCUT2D eigenvalue weighted by Gasteiger charge is 2.12. The Bertz CT molecular complexity index is 474. The summed E-state index contributed by atoms with van der Waals surface area (Å²) >= 11 is 1.39. The van der Waals surface area contributed by atoms with Crippen LogP contribution in [0.2, 0.25) is 0 Å². The zero-order valence-electron chi connectivity index (χ0n) is 8.39. The second-order valence-corrected chi connectivity index (χ2v) is 3.98. The first-order valence-electron chi connectivity index (χ1n) is 4.38. The molecule has 0 unspecified atom stereocenters. The van der Waals surface area contributed by atoms with Gasteiger partial charge in [-0.05, 0) is 13.0 Å². The summed E-state index contributed by atoms with van der Waals surface area (Å²) in [7, 11) is 1.74. The molecule has 0 saturated carbocycles. The monoisotopic (exact) mass is 222 g/mol. The molecule has 0 aliphatic carbocycles. The molecule has 2 aromatic heterocycles. The second-order valence-electron chi connectivity index (χ2n) is 3.09. The van der Waals surface area contributed by atoms with Gasteiger partial charge in [0, 0.05) is 18.6 Å². The quantitative estimate of drug-likeness (QED) is 0.836. The van der Waals surface area contributed by atoms with Gasteiger partial charge in [0.25, 0.3) is 5.91 Å². The lowest BCUT2D eigenvalue weighted by atomic mass is 10.3. The van der Waals surface area contributed by atoms with E-state index in [-0.39, 0.29) is 5.91 Å². The van der Waals surface area contributed by atoms with Crippen molar-refractivity contribution in [1.82, 2.24) is 14.8 Å². The zero-order valence-corrected chi connectivity index (χ0v) is 9.21. The van der Waals surface area contributed by atoms with Crippen LogP contribution in [0, 0.1) is 6.92 Å². The molecule has 0 spiro atoms. The number of aryl methyl sites for hydroxylation is 2. The molecule has 0 saturated heterocycles. The molecule has 0 fully saturated rings. The van der Waals surface area contributed by atoms with Gasteiger partial charge in [-0.15, -0.1) is 11.3 Å². The van der Waals surface area contributed by atoms with Crippen molar-refractivity contribution in [2.24, 2.45) is 7.05 Å². The van der Waals surface area contributed by atoms with E-state index >= 15 is 0 Å². The molecule has 15 heavy (non-hydrogen) atoms. The van der Waals surface area contributed by atoms with E-state index in [2.05, 4.69) is 15.4 Å². The minimum absolute atomic E-state index is 0.187. The predicted molar refractivity (Wildman–Crippen MR) is 58.0 cm³/mol. The number of amides is 1. The van der Waals surface area contributed by atoms with E-state index in [0.29, 0.717) is 10.8 Å². The Labute approximate surface area is 90.8 Å². The van der Waals surface area contributed by atoms with E-state index in [1.807, 2.05) is 12.3 Å². The summed E-state index contributed by atoms with van der Waals surface area (Å²) in [5.74, 6) is -0.187. The Morgan fingerprint density at radius 2 is 2.40 bits per heavy atom. The molecule has 0 radical (unpaired) electrons. The third-order valence-electron chi connectivity index (χ3n) is 1.89. The highest BCUT2D eigenvalue weighted by molar-refractivity contribution is 7.13. The molecule has 0 atom stereocenters. The summed E-state index contributed by atoms with van der Waals surface area (Å²) in [6.07, 6.45) is 1.65. The SMILES string of the molecule is Cc1cc(C(=O)Nc2nccs2)n(C)n1. The summed E-state index contributed by atoms with van der Waals surface area (Å²) in [5, 5.41) is 9.21. The molecule has 78 valence electrons. The van der Waals surface area contributed by atoms with E-state index in [1.54, 1.807) is 24.0 Å². The maximum absolute atomic E-state index is 11.7. The minimum Gasteiger partial charge on any atom is -0.297 e. The summed E-state index contributed by atoms with van der Waals surface area (Å²) in [5.41, 5.74) is 1.35. The molecule has 6 heteroatoms. The van der Waals surface area contributed by atoms with Gasteiger partial charge in [-0.2, -0.15) is 5.10 Å². The number of carbonyl (C=O) groups excluding carboxylic acids is 1. The Morgan fingerprint density at radius 3 is 2.93 bits per heavy atom. The van der Waals surface area contributed by atoms with E-state index < -0.39 is 0 Å². The molecule has 1 amide bonds. The standard InChI is InChI=1S/C9H10N4OS/c1-6-5-7(13(2)12-6)8(14)11-9-10-3-4-15-9/h3-5H,1-2H3,(H,10,11,14). The molecular formula is C9H10N4OS. The minimum atomic E-state index is -0.187. The maximum Gasteiger partial charge on any atom is 0.275 e. The fourth-order valence-corrected chi connectivity index (χ4v) is 1.79. The number of hydrogen-bond acceptors (Lipinski definition) is 4. The molecule has 2 aromatic rings. The van der Waals surface area contributed by atoms with Gasteiger partial charge in [0.15, 0.2) is 5.13 Å². The first kappa shape index (κ1) is 9.85. The zero-order chi connectivity index (χ0) is 10.8.